The summed E-state index contributed by atoms with van der Waals surface area (Å²) >= 11 is 0. The third-order valence-corrected chi connectivity index (χ3v) is 8.55. The molecule has 15 heteroatoms. The van der Waals surface area contributed by atoms with Crippen molar-refractivity contribution in [3.8, 4) is 0 Å². The van der Waals surface area contributed by atoms with Gasteiger partial charge in [0.25, 0.3) is 5.66 Å². The van der Waals surface area contributed by atoms with Crippen LogP contribution in [0, 0.1) is 5.41 Å². The summed E-state index contributed by atoms with van der Waals surface area (Å²) in [6, 6.07) is -1.31. The number of nitrogens with zero attached hydrogens (tertiary/aromatic N) is 2. The maximum absolute atomic E-state index is 13.0. The Hall–Kier alpha value is -3.65. The van der Waals surface area contributed by atoms with Crippen LogP contribution < -0.4 is 27.4 Å². The molecule has 12 nitrogen and oxygen atoms in total. The molecule has 2 unspecified atom stereocenters. The number of esters is 1. The molecular formula is C26H40F3N7O5+2. The SMILES string of the molecule is CCCCCCNC(=O)OC[C@@H]1NC(N)=[N+]2C[C@H](OC(=O)C3=CC=C(C(F)(F)F)CC3)C(C)(C)C23C1NC(N)=[N+]3O. The Bertz CT molecular complexity index is 1200. The van der Waals surface area contributed by atoms with Crippen LogP contribution in [0.2, 0.25) is 0 Å². The molecule has 3 aliphatic heterocycles. The second kappa shape index (κ2) is 11.3. The molecule has 4 atom stereocenters. The maximum atomic E-state index is 13.0. The highest BCUT2D eigenvalue weighted by molar-refractivity contribution is 5.89. The van der Waals surface area contributed by atoms with Crippen molar-refractivity contribution in [2.45, 2.75) is 89.3 Å². The molecule has 0 aromatic carbocycles. The molecule has 4 rings (SSSR count). The van der Waals surface area contributed by atoms with E-state index in [1.165, 1.54) is 0 Å². The molecule has 4 aliphatic rings. The van der Waals surface area contributed by atoms with Gasteiger partial charge in [0.15, 0.2) is 6.04 Å². The Morgan fingerprint density at radius 1 is 1.15 bits per heavy atom. The highest BCUT2D eigenvalue weighted by Crippen LogP contribution is 2.50. The molecule has 1 spiro atoms. The fourth-order valence-corrected chi connectivity index (χ4v) is 6.25. The molecule has 3 heterocycles. The number of amides is 1. The van der Waals surface area contributed by atoms with Gasteiger partial charge in [-0.3, -0.25) is 22.1 Å². The summed E-state index contributed by atoms with van der Waals surface area (Å²) in [6.45, 7) is 6.08. The quantitative estimate of drug-likeness (QED) is 0.100. The third kappa shape index (κ3) is 5.37. The van der Waals surface area contributed by atoms with E-state index in [2.05, 4.69) is 22.9 Å². The van der Waals surface area contributed by atoms with Crippen LogP contribution in [-0.2, 0) is 14.3 Å². The standard InChI is InChI=1S/C26H38F3N7O5/c1-4-5-6-7-12-32-23(38)40-14-17-19-25(36(39)22(31)34-19)24(2,3)18(13-35(25)21(30)33-17)41-20(37)15-8-10-16(11-9-15)26(27,28)29/h8,10,17-19,39H,4-7,9,11-14H2,1-3H3,(H5,30,31,32,33,34,38)/p+2/t17-,18-,19?,25?/m0/s1. The lowest BCUT2D eigenvalue weighted by Gasteiger charge is -2.42. The van der Waals surface area contributed by atoms with Crippen molar-refractivity contribution in [2.24, 2.45) is 16.9 Å². The molecule has 0 aromatic heterocycles. The number of unbranched alkanes of at least 4 members (excludes halogenated alkanes) is 3. The summed E-state index contributed by atoms with van der Waals surface area (Å²) in [5.41, 5.74) is 9.56. The van der Waals surface area contributed by atoms with Gasteiger partial charge in [0.1, 0.15) is 25.3 Å². The first-order valence-electron chi connectivity index (χ1n) is 13.9. The number of alkyl carbamates (subject to hydrolysis) is 1. The molecule has 1 fully saturated rings. The zero-order valence-electron chi connectivity index (χ0n) is 23.5. The zero-order chi connectivity index (χ0) is 30.2. The molecule has 1 saturated heterocycles. The summed E-state index contributed by atoms with van der Waals surface area (Å²) in [7, 11) is 0. The summed E-state index contributed by atoms with van der Waals surface area (Å²) in [4.78, 5) is 25.4. The summed E-state index contributed by atoms with van der Waals surface area (Å²) in [5.74, 6) is -0.670. The summed E-state index contributed by atoms with van der Waals surface area (Å²) in [5, 5.41) is 20.2. The molecule has 8 N–H and O–H groups in total. The van der Waals surface area contributed by atoms with Crippen molar-refractivity contribution >= 4 is 24.0 Å². The number of nitrogens with two attached hydrogens (primary N) is 2. The van der Waals surface area contributed by atoms with Crippen molar-refractivity contribution in [3.63, 3.8) is 0 Å². The largest absolute Gasteiger partial charge is 0.455 e. The summed E-state index contributed by atoms with van der Waals surface area (Å²) in [6.07, 6.45) is -0.293. The first-order valence-corrected chi connectivity index (χ1v) is 13.9. The minimum absolute atomic E-state index is 0.0584. The number of alkyl halides is 3. The van der Waals surface area contributed by atoms with E-state index in [4.69, 9.17) is 20.9 Å². The first-order chi connectivity index (χ1) is 19.2. The molecule has 1 amide bonds. The number of hydroxylamine groups is 1. The first kappa shape index (κ1) is 30.3. The number of ether oxygens (including phenoxy) is 2. The third-order valence-electron chi connectivity index (χ3n) is 8.55. The Morgan fingerprint density at radius 2 is 1.88 bits per heavy atom. The molecule has 0 radical (unpaired) electrons. The van der Waals surface area contributed by atoms with E-state index < -0.39 is 53.1 Å². The molecule has 1 aliphatic carbocycles. The highest BCUT2D eigenvalue weighted by atomic mass is 19.4. The van der Waals surface area contributed by atoms with Gasteiger partial charge in [-0.1, -0.05) is 38.3 Å². The molecule has 228 valence electrons. The fourth-order valence-electron chi connectivity index (χ4n) is 6.25. The van der Waals surface area contributed by atoms with E-state index in [-0.39, 0.29) is 43.5 Å². The average Bonchev–Trinajstić information content (AvgIpc) is 3.32. The normalized spacial score (nSPS) is 28.6. The van der Waals surface area contributed by atoms with E-state index in [0.717, 1.165) is 42.6 Å². The average molecular weight is 588 g/mol. The highest BCUT2D eigenvalue weighted by Gasteiger charge is 2.78. The smallest absolute Gasteiger partial charge is 0.412 e. The van der Waals surface area contributed by atoms with Crippen LogP contribution in [0.15, 0.2) is 23.3 Å². The zero-order valence-corrected chi connectivity index (χ0v) is 23.5. The van der Waals surface area contributed by atoms with Crippen LogP contribution in [0.5, 0.6) is 0 Å². The van der Waals surface area contributed by atoms with Crippen LogP contribution in [-0.4, -0.2) is 88.2 Å². The Balaban J connectivity index is 1.51. The lowest BCUT2D eigenvalue weighted by atomic mass is 9.71. The topological polar surface area (TPSA) is 167 Å². The van der Waals surface area contributed by atoms with E-state index >= 15 is 0 Å². The van der Waals surface area contributed by atoms with E-state index in [0.29, 0.717) is 6.54 Å². The predicted molar refractivity (Wildman–Crippen MR) is 141 cm³/mol. The number of allylic oxidation sites excluding steroid dienone is 3. The van der Waals surface area contributed by atoms with Gasteiger partial charge in [-0.05, 0) is 37.8 Å². The maximum Gasteiger partial charge on any atom is 0.412 e. The minimum Gasteiger partial charge on any atom is -0.455 e. The molecular weight excluding hydrogens is 547 g/mol. The van der Waals surface area contributed by atoms with Crippen molar-refractivity contribution in [1.82, 2.24) is 16.0 Å². The number of rotatable bonds is 9. The fraction of sp³-hybridized carbons (Fsp3) is 0.692. The number of carbonyl (C=O) groups is 2. The number of halogens is 3. The van der Waals surface area contributed by atoms with E-state index in [9.17, 15) is 28.0 Å². The van der Waals surface area contributed by atoms with Gasteiger partial charge < -0.3 is 20.0 Å². The van der Waals surface area contributed by atoms with Crippen molar-refractivity contribution in [1.29, 1.82) is 0 Å². The van der Waals surface area contributed by atoms with Crippen molar-refractivity contribution in [3.05, 3.63) is 23.3 Å². The minimum atomic E-state index is -4.46. The van der Waals surface area contributed by atoms with Gasteiger partial charge in [0, 0.05) is 17.7 Å². The predicted octanol–water partition coefficient (Wildman–Crippen LogP) is 1.14. The molecule has 0 bridgehead atoms. The van der Waals surface area contributed by atoms with Gasteiger partial charge in [-0.15, -0.1) is 0 Å². The van der Waals surface area contributed by atoms with E-state index in [1.54, 1.807) is 18.4 Å². The monoisotopic (exact) mass is 587 g/mol. The van der Waals surface area contributed by atoms with Crippen LogP contribution in [0.4, 0.5) is 18.0 Å². The number of nitrogens with one attached hydrogen (secondary N) is 3. The second-order valence-electron chi connectivity index (χ2n) is 11.4. The van der Waals surface area contributed by atoms with Crippen molar-refractivity contribution in [2.75, 3.05) is 19.7 Å². The number of carbonyl (C=O) groups excluding carboxylic acids is 2. The van der Waals surface area contributed by atoms with Gasteiger partial charge in [0.2, 0.25) is 0 Å². The molecule has 0 aromatic rings. The Kier molecular flexibility index (Phi) is 8.37. The van der Waals surface area contributed by atoms with Crippen LogP contribution in [0.25, 0.3) is 0 Å². The number of hydrogen-bond donors (Lipinski definition) is 6. The van der Waals surface area contributed by atoms with Gasteiger partial charge in [0.05, 0.1) is 5.41 Å². The number of guanidine groups is 2. The molecule has 0 saturated carbocycles. The number of hydrogen-bond acceptors (Lipinski definition) is 9. The lowest BCUT2D eigenvalue weighted by Crippen LogP contribution is -2.76. The summed E-state index contributed by atoms with van der Waals surface area (Å²) < 4.78 is 52.8. The second-order valence-corrected chi connectivity index (χ2v) is 11.4. The van der Waals surface area contributed by atoms with Crippen molar-refractivity contribution < 1.29 is 46.8 Å². The van der Waals surface area contributed by atoms with Crippen LogP contribution >= 0.6 is 0 Å². The Morgan fingerprint density at radius 3 is 2.51 bits per heavy atom. The van der Waals surface area contributed by atoms with Crippen LogP contribution in [0.3, 0.4) is 0 Å². The van der Waals surface area contributed by atoms with Gasteiger partial charge >= 0.3 is 30.2 Å². The van der Waals surface area contributed by atoms with Gasteiger partial charge in [-0.2, -0.15) is 13.2 Å². The van der Waals surface area contributed by atoms with Gasteiger partial charge in [-0.25, -0.2) is 14.2 Å². The lowest BCUT2D eigenvalue weighted by molar-refractivity contribution is -0.944. The van der Waals surface area contributed by atoms with Crippen LogP contribution in [0.1, 0.15) is 59.3 Å². The van der Waals surface area contributed by atoms with E-state index in [1.807, 2.05) is 0 Å². The molecule has 41 heavy (non-hydrogen) atoms. The Labute approximate surface area is 236 Å².